The van der Waals surface area contributed by atoms with Gasteiger partial charge in [0.25, 0.3) is 5.56 Å². The summed E-state index contributed by atoms with van der Waals surface area (Å²) < 4.78 is 45.2. The molecule has 0 saturated carbocycles. The second-order valence-corrected chi connectivity index (χ2v) is 12.2. The molecule has 1 N–H and O–H groups in total. The first-order valence-electron chi connectivity index (χ1n) is 12.2. The van der Waals surface area contributed by atoms with Gasteiger partial charge in [0.1, 0.15) is 5.75 Å². The molecule has 3 aromatic carbocycles. The van der Waals surface area contributed by atoms with Crippen molar-refractivity contribution in [2.45, 2.75) is 44.2 Å². The van der Waals surface area contributed by atoms with Crippen molar-refractivity contribution < 1.29 is 22.6 Å². The van der Waals surface area contributed by atoms with E-state index >= 15 is 0 Å². The van der Waals surface area contributed by atoms with E-state index in [0.717, 1.165) is 16.5 Å². The Balaban J connectivity index is 1.54. The highest BCUT2D eigenvalue weighted by molar-refractivity contribution is 7.89. The highest BCUT2D eigenvalue weighted by Crippen LogP contribution is 2.35. The van der Waals surface area contributed by atoms with Crippen molar-refractivity contribution in [2.24, 2.45) is 0 Å². The fourth-order valence-electron chi connectivity index (χ4n) is 4.39. The molecule has 0 atom stereocenters. The minimum atomic E-state index is -3.95. The Morgan fingerprint density at radius 2 is 1.58 bits per heavy atom. The summed E-state index contributed by atoms with van der Waals surface area (Å²) in [5.74, 6) is 1.81. The van der Waals surface area contributed by atoms with Crippen LogP contribution in [0.1, 0.15) is 37.5 Å². The molecule has 0 spiro atoms. The summed E-state index contributed by atoms with van der Waals surface area (Å²) in [7, 11) is -2.38. The largest absolute Gasteiger partial charge is 0.497 e. The summed E-state index contributed by atoms with van der Waals surface area (Å²) in [4.78, 5) is 16.1. The number of aromatic amines is 1. The van der Waals surface area contributed by atoms with Gasteiger partial charge in [-0.2, -0.15) is 4.31 Å². The van der Waals surface area contributed by atoms with E-state index < -0.39 is 10.0 Å². The van der Waals surface area contributed by atoms with Gasteiger partial charge in [0.2, 0.25) is 16.8 Å². The summed E-state index contributed by atoms with van der Waals surface area (Å²) >= 11 is 0. The normalized spacial score (nSPS) is 13.3. The van der Waals surface area contributed by atoms with Gasteiger partial charge in [-0.15, -0.1) is 0 Å². The third-order valence-electron chi connectivity index (χ3n) is 6.64. The predicted octanol–water partition coefficient (Wildman–Crippen LogP) is 4.95. The van der Waals surface area contributed by atoms with E-state index in [0.29, 0.717) is 28.3 Å². The van der Waals surface area contributed by atoms with Gasteiger partial charge in [0.05, 0.1) is 17.5 Å². The molecule has 0 radical (unpaired) electrons. The first-order chi connectivity index (χ1) is 18.0. The lowest BCUT2D eigenvalue weighted by molar-refractivity contribution is 0.174. The van der Waals surface area contributed by atoms with Crippen LogP contribution in [0.5, 0.6) is 17.2 Å². The number of ether oxygens (including phenoxy) is 3. The van der Waals surface area contributed by atoms with E-state index in [-0.39, 0.29) is 35.8 Å². The van der Waals surface area contributed by atoms with Crippen molar-refractivity contribution in [1.82, 2.24) is 9.29 Å². The number of hydrogen-bond acceptors (Lipinski definition) is 6. The molecule has 1 aliphatic heterocycles. The van der Waals surface area contributed by atoms with E-state index in [1.807, 2.05) is 24.3 Å². The number of nitrogens with zero attached hydrogens (tertiary/aromatic N) is 1. The Morgan fingerprint density at radius 1 is 0.921 bits per heavy atom. The molecule has 8 nitrogen and oxygen atoms in total. The number of aromatic nitrogens is 1. The molecule has 38 heavy (non-hydrogen) atoms. The van der Waals surface area contributed by atoms with Crippen LogP contribution in [0.2, 0.25) is 0 Å². The molecule has 0 saturated heterocycles. The minimum absolute atomic E-state index is 0.0754. The van der Waals surface area contributed by atoms with Gasteiger partial charge < -0.3 is 19.2 Å². The van der Waals surface area contributed by atoms with Crippen LogP contribution in [0.3, 0.4) is 0 Å². The molecule has 1 aromatic heterocycles. The number of H-pyrrole nitrogens is 1. The van der Waals surface area contributed by atoms with Gasteiger partial charge in [-0.3, -0.25) is 4.79 Å². The van der Waals surface area contributed by atoms with E-state index in [1.165, 1.54) is 4.31 Å². The van der Waals surface area contributed by atoms with Crippen molar-refractivity contribution in [3.05, 3.63) is 93.8 Å². The molecule has 4 aromatic rings. The van der Waals surface area contributed by atoms with Crippen LogP contribution in [0, 0.1) is 0 Å². The fourth-order valence-corrected chi connectivity index (χ4v) is 5.79. The lowest BCUT2D eigenvalue weighted by Crippen LogP contribution is -2.32. The molecular formula is C29H30N2O6S. The van der Waals surface area contributed by atoms with Gasteiger partial charge in [-0.25, -0.2) is 8.42 Å². The lowest BCUT2D eigenvalue weighted by Gasteiger charge is -2.24. The van der Waals surface area contributed by atoms with Crippen LogP contribution in [0.25, 0.3) is 10.9 Å². The number of nitrogens with one attached hydrogen (secondary N) is 1. The van der Waals surface area contributed by atoms with Crippen molar-refractivity contribution in [1.29, 1.82) is 0 Å². The summed E-state index contributed by atoms with van der Waals surface area (Å²) in [5, 5.41) is 0.722. The topological polar surface area (TPSA) is 97.9 Å². The highest BCUT2D eigenvalue weighted by atomic mass is 32.2. The monoisotopic (exact) mass is 534 g/mol. The van der Waals surface area contributed by atoms with Crippen LogP contribution >= 0.6 is 0 Å². The zero-order chi connectivity index (χ0) is 27.1. The fraction of sp³-hybridized carbons (Fsp3) is 0.276. The maximum Gasteiger partial charge on any atom is 0.252 e. The first-order valence-corrected chi connectivity index (χ1v) is 13.7. The predicted molar refractivity (Wildman–Crippen MR) is 145 cm³/mol. The molecule has 0 aliphatic carbocycles. The zero-order valence-electron chi connectivity index (χ0n) is 21.8. The molecule has 0 bridgehead atoms. The molecule has 0 fully saturated rings. The maximum atomic E-state index is 13.9. The number of sulfonamides is 1. The van der Waals surface area contributed by atoms with Crippen LogP contribution in [-0.4, -0.2) is 31.6 Å². The van der Waals surface area contributed by atoms with Gasteiger partial charge >= 0.3 is 0 Å². The molecule has 0 unspecified atom stereocenters. The quantitative estimate of drug-likeness (QED) is 0.360. The molecule has 1 aliphatic rings. The van der Waals surface area contributed by atoms with Crippen molar-refractivity contribution >= 4 is 20.9 Å². The Hall–Kier alpha value is -3.82. The number of benzene rings is 3. The second kappa shape index (κ2) is 9.81. The molecule has 2 heterocycles. The minimum Gasteiger partial charge on any atom is -0.497 e. The number of pyridine rings is 1. The van der Waals surface area contributed by atoms with E-state index in [4.69, 9.17) is 14.2 Å². The van der Waals surface area contributed by atoms with Gasteiger partial charge in [0.15, 0.2) is 11.5 Å². The molecule has 9 heteroatoms. The third kappa shape index (κ3) is 5.12. The molecular weight excluding hydrogens is 504 g/mol. The van der Waals surface area contributed by atoms with Crippen LogP contribution < -0.4 is 19.8 Å². The highest BCUT2D eigenvalue weighted by Gasteiger charge is 2.27. The number of fused-ring (bicyclic) bond motifs is 2. The number of rotatable bonds is 7. The Morgan fingerprint density at radius 3 is 2.21 bits per heavy atom. The van der Waals surface area contributed by atoms with Crippen LogP contribution in [0.15, 0.2) is 76.4 Å². The van der Waals surface area contributed by atoms with Crippen molar-refractivity contribution in [2.75, 3.05) is 13.9 Å². The summed E-state index contributed by atoms with van der Waals surface area (Å²) in [6.45, 7) is 6.30. The SMILES string of the molecule is COc1ccc(CN(Cc2cc3cc4c(cc3[nH]c2=O)OCO4)S(=O)(=O)c2ccc(C(C)(C)C)cc2)cc1. The lowest BCUT2D eigenvalue weighted by atomic mass is 9.87. The average Bonchev–Trinajstić information content (AvgIpc) is 3.34. The molecule has 198 valence electrons. The summed E-state index contributed by atoms with van der Waals surface area (Å²) in [5.41, 5.74) is 2.22. The van der Waals surface area contributed by atoms with Crippen molar-refractivity contribution in [3.63, 3.8) is 0 Å². The Bertz CT molecular complexity index is 1640. The average molecular weight is 535 g/mol. The Labute approximate surface area is 221 Å². The zero-order valence-corrected chi connectivity index (χ0v) is 22.6. The Kier molecular flexibility index (Phi) is 6.66. The van der Waals surface area contributed by atoms with Gasteiger partial charge in [-0.05, 0) is 52.9 Å². The third-order valence-corrected chi connectivity index (χ3v) is 8.44. The maximum absolute atomic E-state index is 13.9. The van der Waals surface area contributed by atoms with Crippen LogP contribution in [0.4, 0.5) is 0 Å². The van der Waals surface area contributed by atoms with Gasteiger partial charge in [0, 0.05) is 30.1 Å². The molecule has 5 rings (SSSR count). The van der Waals surface area contributed by atoms with Crippen LogP contribution in [-0.2, 0) is 28.5 Å². The van der Waals surface area contributed by atoms with E-state index in [1.54, 1.807) is 49.6 Å². The first kappa shape index (κ1) is 25.8. The molecule has 0 amide bonds. The number of hydrogen-bond donors (Lipinski definition) is 1. The number of methoxy groups -OCH3 is 1. The second-order valence-electron chi connectivity index (χ2n) is 10.3. The van der Waals surface area contributed by atoms with Crippen molar-refractivity contribution in [3.8, 4) is 17.2 Å². The summed E-state index contributed by atoms with van der Waals surface area (Å²) in [6.07, 6.45) is 0. The smallest absolute Gasteiger partial charge is 0.252 e. The van der Waals surface area contributed by atoms with E-state index in [2.05, 4.69) is 25.8 Å². The standard InChI is InChI=1S/C29H30N2O6S/c1-29(2,3)22-7-11-24(12-8-22)38(33,34)31(16-19-5-9-23(35-4)10-6-19)17-21-13-20-14-26-27(37-18-36-26)15-25(20)30-28(21)32/h5-15H,16-18H2,1-4H3,(H,30,32). The van der Waals surface area contributed by atoms with E-state index in [9.17, 15) is 13.2 Å². The summed E-state index contributed by atoms with van der Waals surface area (Å²) in [6, 6.07) is 19.3. The van der Waals surface area contributed by atoms with Gasteiger partial charge in [-0.1, -0.05) is 45.0 Å².